The Labute approximate surface area is 451 Å². The number of morpholine rings is 1. The summed E-state index contributed by atoms with van der Waals surface area (Å²) in [4.78, 5) is 73.1. The van der Waals surface area contributed by atoms with Crippen LogP contribution < -0.4 is 0 Å². The number of aliphatic hydroxyl groups excluding tert-OH is 1. The fourth-order valence-corrected chi connectivity index (χ4v) is 14.0. The molecule has 5 fully saturated rings. The summed E-state index contributed by atoms with van der Waals surface area (Å²) in [5, 5.41) is 23.7. The number of nitrogens with zero attached hydrogens (tertiary/aromatic N) is 2. The Morgan fingerprint density at radius 2 is 1.57 bits per heavy atom. The van der Waals surface area contributed by atoms with Crippen molar-refractivity contribution < 1.29 is 75.8 Å². The number of hydrogen-bond donors (Lipinski definition) is 2. The maximum absolute atomic E-state index is 14.7. The molecule has 6 bridgehead atoms. The fraction of sp³-hybridized carbons (Fsp3) is 0.772. The van der Waals surface area contributed by atoms with Gasteiger partial charge in [0.25, 0.3) is 11.7 Å². The molecule has 1 saturated carbocycles. The Balaban J connectivity index is 1.27. The number of ether oxygens (including phenoxy) is 7. The van der Waals surface area contributed by atoms with E-state index in [9.17, 15) is 42.6 Å². The van der Waals surface area contributed by atoms with Crippen LogP contribution in [0.3, 0.4) is 0 Å². The molecule has 0 aromatic rings. The molecule has 6 aliphatic rings. The van der Waals surface area contributed by atoms with Gasteiger partial charge < -0.3 is 48.3 Å². The highest BCUT2D eigenvalue weighted by Gasteiger charge is 2.57. The van der Waals surface area contributed by atoms with Gasteiger partial charge in [0.2, 0.25) is 15.8 Å². The number of amides is 1. The van der Waals surface area contributed by atoms with Crippen LogP contribution in [0.25, 0.3) is 0 Å². The number of carbonyl (C=O) groups excluding carboxylic acids is 5. The second-order valence-corrected chi connectivity index (χ2v) is 24.6. The zero-order valence-electron chi connectivity index (χ0n) is 46.5. The van der Waals surface area contributed by atoms with Gasteiger partial charge in [0, 0.05) is 84.1 Å². The summed E-state index contributed by atoms with van der Waals surface area (Å²) >= 11 is 0. The number of aliphatic hydroxyl groups is 2. The van der Waals surface area contributed by atoms with Gasteiger partial charge in [-0.25, -0.2) is 13.2 Å². The molecule has 428 valence electrons. The van der Waals surface area contributed by atoms with E-state index in [1.807, 2.05) is 51.2 Å². The van der Waals surface area contributed by atoms with E-state index in [2.05, 4.69) is 0 Å². The lowest BCUT2D eigenvalue weighted by atomic mass is 9.68. The first-order chi connectivity index (χ1) is 36.1. The molecule has 0 spiro atoms. The number of rotatable bonds is 11. The smallest absolute Gasteiger partial charge is 0.329 e. The van der Waals surface area contributed by atoms with Gasteiger partial charge in [-0.1, -0.05) is 64.2 Å². The average Bonchev–Trinajstić information content (AvgIpc) is 3.43. The third kappa shape index (κ3) is 15.2. The van der Waals surface area contributed by atoms with Gasteiger partial charge in [-0.2, -0.15) is 4.31 Å². The maximum Gasteiger partial charge on any atom is 0.329 e. The largest absolute Gasteiger partial charge is 0.460 e. The number of ketones is 3. The summed E-state index contributed by atoms with van der Waals surface area (Å²) in [7, 11) is 1.12. The van der Waals surface area contributed by atoms with Gasteiger partial charge in [-0.05, 0) is 107 Å². The maximum atomic E-state index is 14.7. The third-order valence-corrected chi connectivity index (χ3v) is 19.1. The third-order valence-electron chi connectivity index (χ3n) is 17.1. The molecule has 1 aliphatic carbocycles. The van der Waals surface area contributed by atoms with Crippen molar-refractivity contribution in [3.63, 3.8) is 0 Å². The molecule has 4 saturated heterocycles. The highest BCUT2D eigenvalue weighted by molar-refractivity contribution is 7.89. The predicted octanol–water partition coefficient (Wildman–Crippen LogP) is 5.48. The van der Waals surface area contributed by atoms with Crippen LogP contribution in [0.2, 0.25) is 0 Å². The van der Waals surface area contributed by atoms with Gasteiger partial charge in [-0.3, -0.25) is 19.2 Å². The number of fused-ring (bicyclic) bond motifs is 3. The number of carbonyl (C=O) groups is 5. The number of sulfonamides is 1. The lowest BCUT2D eigenvalue weighted by Crippen LogP contribution is -2.65. The zero-order chi connectivity index (χ0) is 55.5. The molecule has 0 radical (unpaired) electrons. The molecule has 5 heterocycles. The number of allylic oxidation sites excluding steroid dienone is 6. The van der Waals surface area contributed by atoms with E-state index in [0.717, 1.165) is 5.57 Å². The first-order valence-electron chi connectivity index (χ1n) is 27.8. The second-order valence-electron chi connectivity index (χ2n) is 22.5. The molecule has 1 unspecified atom stereocenters. The number of methoxy groups -OCH3 is 3. The van der Waals surface area contributed by atoms with E-state index in [1.165, 1.54) is 16.3 Å². The molecule has 18 nitrogen and oxygen atoms in total. The summed E-state index contributed by atoms with van der Waals surface area (Å²) in [6.07, 6.45) is 11.3. The van der Waals surface area contributed by atoms with Crippen molar-refractivity contribution in [2.75, 3.05) is 66.5 Å². The van der Waals surface area contributed by atoms with Crippen LogP contribution in [-0.4, -0.2) is 178 Å². The van der Waals surface area contributed by atoms with Crippen LogP contribution in [0, 0.1) is 41.4 Å². The topological polar surface area (TPSA) is 231 Å². The van der Waals surface area contributed by atoms with E-state index in [0.29, 0.717) is 103 Å². The van der Waals surface area contributed by atoms with Gasteiger partial charge in [0.05, 0.1) is 43.4 Å². The van der Waals surface area contributed by atoms with Crippen LogP contribution in [0.1, 0.15) is 119 Å². The number of hydrogen-bond acceptors (Lipinski definition) is 16. The van der Waals surface area contributed by atoms with E-state index >= 15 is 0 Å². The quantitative estimate of drug-likeness (QED) is 0.113. The minimum Gasteiger partial charge on any atom is -0.460 e. The molecule has 2 N–H and O–H groups in total. The molecule has 76 heavy (non-hydrogen) atoms. The van der Waals surface area contributed by atoms with Crippen LogP contribution in [-0.2, 0) is 67.2 Å². The van der Waals surface area contributed by atoms with E-state index < -0.39 is 99.6 Å². The normalized spacial score (nSPS) is 39.2. The van der Waals surface area contributed by atoms with Crippen LogP contribution in [0.5, 0.6) is 0 Å². The monoisotopic (exact) mass is 1090 g/mol. The SMILES string of the molecule is CO[C@H]1C[C@@H]2CC[C@@H](C)[C@@](O)(O2)C(=O)C(=O)N2CCCC3[C@H]2C(=O)O[C@@H](CC(=O)[C@H](C)/C=C(\C)[C@@H](O)[C@@H](OC)C(=O)[C@H](C)C[C@H](C)/C=C/C=C/C=C1C)[C@H]3C[C@@H]1CC[C@@H](OCCCS(=O)(=O)N2CCOCC2)[C@H](OC)C1. The van der Waals surface area contributed by atoms with Gasteiger partial charge >= 0.3 is 5.97 Å². The molecular formula is C57H88N2O16S. The highest BCUT2D eigenvalue weighted by Crippen LogP contribution is 2.46. The Bertz CT molecular complexity index is 2240. The Kier molecular flexibility index (Phi) is 22.8. The standard InChI is InChI=1S/C57H88N2O16S/c1-35-15-11-10-12-16-36(2)47(69-7)33-42-20-18-40(6)57(66,75-42)54(63)55(64)59-22-13-17-43-44(31-41-19-21-46(49(32-41)70-8)73-25-14-28-76(67,68)58-23-26-72-27-24-58)48(74-56(65)50(43)59)34-45(60)37(3)30-39(5)52(62)53(71-9)51(61)38(4)29-35/h10-12,15-16,30,35,37-38,40-44,46-50,52-53,62,66H,13-14,17-29,31-34H2,1-9H3/b12-10+,15-11+,36-16?,39-30+/t35-,37-,38-,40-,41+,42+,43?,44+,46-,47+,48+,49-,50+,52-,53+,57-/m1/s1. The molecule has 0 aromatic carbocycles. The van der Waals surface area contributed by atoms with Gasteiger partial charge in [0.1, 0.15) is 30.1 Å². The molecule has 19 heteroatoms. The minimum atomic E-state index is -3.45. The van der Waals surface area contributed by atoms with Crippen LogP contribution in [0.4, 0.5) is 0 Å². The summed E-state index contributed by atoms with van der Waals surface area (Å²) in [5.74, 6) is -8.83. The van der Waals surface area contributed by atoms with Gasteiger partial charge in [0.15, 0.2) is 5.78 Å². The van der Waals surface area contributed by atoms with Crippen molar-refractivity contribution in [3.05, 3.63) is 47.6 Å². The van der Waals surface area contributed by atoms with Crippen LogP contribution >= 0.6 is 0 Å². The summed E-state index contributed by atoms with van der Waals surface area (Å²) in [5.41, 5.74) is 1.25. The molecule has 6 rings (SSSR count). The van der Waals surface area contributed by atoms with Gasteiger partial charge in [-0.15, -0.1) is 0 Å². The predicted molar refractivity (Wildman–Crippen MR) is 283 cm³/mol. The Morgan fingerprint density at radius 1 is 0.829 bits per heavy atom. The first-order valence-corrected chi connectivity index (χ1v) is 29.4. The molecular weight excluding hydrogens is 1000 g/mol. The van der Waals surface area contributed by atoms with E-state index in [-0.39, 0.29) is 60.9 Å². The number of piperidine rings is 1. The lowest BCUT2D eigenvalue weighted by Gasteiger charge is -2.50. The molecule has 16 atom stereocenters. The molecule has 5 aliphatic heterocycles. The van der Waals surface area contributed by atoms with E-state index in [1.54, 1.807) is 41.1 Å². The minimum absolute atomic E-state index is 0.00487. The highest BCUT2D eigenvalue weighted by atomic mass is 32.2. The zero-order valence-corrected chi connectivity index (χ0v) is 47.3. The van der Waals surface area contributed by atoms with Crippen molar-refractivity contribution in [3.8, 4) is 0 Å². The van der Waals surface area contributed by atoms with Crippen LogP contribution in [0.15, 0.2) is 47.6 Å². The van der Waals surface area contributed by atoms with Crippen molar-refractivity contribution in [1.29, 1.82) is 0 Å². The van der Waals surface area contributed by atoms with Crippen molar-refractivity contribution >= 4 is 39.2 Å². The summed E-state index contributed by atoms with van der Waals surface area (Å²) in [6.45, 7) is 12.5. The molecule has 0 aromatic heterocycles. The Morgan fingerprint density at radius 3 is 2.26 bits per heavy atom. The lowest BCUT2D eigenvalue weighted by molar-refractivity contribution is -0.266. The number of esters is 1. The summed E-state index contributed by atoms with van der Waals surface area (Å²) in [6, 6.07) is -1.17. The summed E-state index contributed by atoms with van der Waals surface area (Å²) < 4.78 is 69.0. The molecule has 1 amide bonds. The fourth-order valence-electron chi connectivity index (χ4n) is 12.5. The first kappa shape index (κ1) is 61.7. The second kappa shape index (κ2) is 28.1. The average molecular weight is 1090 g/mol. The van der Waals surface area contributed by atoms with Crippen molar-refractivity contribution in [2.45, 2.75) is 173 Å². The van der Waals surface area contributed by atoms with E-state index in [4.69, 9.17) is 33.2 Å². The van der Waals surface area contributed by atoms with Crippen molar-refractivity contribution in [2.24, 2.45) is 41.4 Å². The number of Topliss-reactive ketones (excluding diaryl/α,β-unsaturated/α-hetero) is 3. The van der Waals surface area contributed by atoms with Crippen molar-refractivity contribution in [1.82, 2.24) is 9.21 Å². The Hall–Kier alpha value is -3.50.